The fourth-order valence-corrected chi connectivity index (χ4v) is 19.7. The number of nitrogens with zero attached hydrogens (tertiary/aromatic N) is 10. The van der Waals surface area contributed by atoms with Crippen LogP contribution < -0.4 is 32.5 Å². The molecule has 0 radical (unpaired) electrons. The number of Topliss-reactive ketones (excluding diaryl/α,β-unsaturated/α-hetero) is 3. The van der Waals surface area contributed by atoms with Gasteiger partial charge in [-0.2, -0.15) is 0 Å². The van der Waals surface area contributed by atoms with E-state index >= 15 is 0 Å². The monoisotopic (exact) mass is 2180 g/mol. The van der Waals surface area contributed by atoms with Crippen LogP contribution in [0.5, 0.6) is 0 Å². The average Bonchev–Trinajstić information content (AvgIpc) is 0.781. The first-order chi connectivity index (χ1) is 62.4. The van der Waals surface area contributed by atoms with E-state index in [0.717, 1.165) is 109 Å². The van der Waals surface area contributed by atoms with Crippen LogP contribution in [0.3, 0.4) is 0 Å². The van der Waals surface area contributed by atoms with E-state index in [1.807, 2.05) is 52.0 Å². The van der Waals surface area contributed by atoms with Crippen LogP contribution in [0.15, 0.2) is 105 Å². The SMILES string of the molecule is C=CC(=O)c1c(Cl)cc(C)nc1Cl.C=CC(O)c1c(Cl)cc(C)nc1Cl.CC(=O)c1c(Cl)cc(C)nc1Cl.CC=C1CCN(C(CCC)CCC)c2cc(C)nc(Cl)c21.CCCC(CCC)C1CCC(=O)c2c(Cl)cc(C)nc21.CCCC(CCC)N1CCC(=O)c2c1cc(C)nc2Cl.Cc1cc(Cl)c(C=O)c(Cl)n1.Cc1cc(Cl)c(CO)c(Cl)n1.Cc1ccc(N)c(Cl)c1.[Br-].[CH-]=C.[Mg+2]. The largest absolute Gasteiger partial charge is 2.00 e. The Hall–Kier alpha value is -5.64. The Kier molecular flexibility index (Phi) is 61.0. The van der Waals surface area contributed by atoms with Crippen LogP contribution in [-0.2, 0) is 6.61 Å². The molecular weight excluding hydrogens is 2070 g/mol. The van der Waals surface area contributed by atoms with Gasteiger partial charge in [-0.25, -0.2) is 34.9 Å². The minimum Gasteiger partial charge on any atom is -1.00 e. The second-order valence-electron chi connectivity index (χ2n) is 31.2. The normalized spacial score (nSPS) is 13.0. The number of nitrogen functional groups attached to an aromatic ring is 1. The van der Waals surface area contributed by atoms with E-state index in [0.29, 0.717) is 139 Å². The van der Waals surface area contributed by atoms with Crippen molar-refractivity contribution in [2.45, 2.75) is 251 Å². The van der Waals surface area contributed by atoms with Gasteiger partial charge in [-0.15, -0.1) is 6.58 Å². The smallest absolute Gasteiger partial charge is 1.00 e. The quantitative estimate of drug-likeness (QED) is 0.00832. The van der Waals surface area contributed by atoms with Crippen molar-refractivity contribution in [1.82, 2.24) is 39.9 Å². The minimum atomic E-state index is -0.868. The van der Waals surface area contributed by atoms with Crippen LogP contribution >= 0.6 is 162 Å². The number of nitrogens with two attached hydrogens (primary N) is 1. The molecule has 12 rings (SSSR count). The van der Waals surface area contributed by atoms with Gasteiger partial charge in [-0.3, -0.25) is 35.5 Å². The zero-order chi connectivity index (χ0) is 99.8. The molecule has 2 unspecified atom stereocenters. The van der Waals surface area contributed by atoms with Gasteiger partial charge in [-0.1, -0.05) is 280 Å². The summed E-state index contributed by atoms with van der Waals surface area (Å²) in [7, 11) is 0. The second kappa shape index (κ2) is 64.6. The van der Waals surface area contributed by atoms with Crippen molar-refractivity contribution in [2.75, 3.05) is 28.6 Å². The zero-order valence-electron chi connectivity index (χ0n) is 79.0. The number of anilines is 3. The Morgan fingerprint density at radius 2 is 0.888 bits per heavy atom. The first-order valence-corrected chi connectivity index (χ1v) is 48.6. The number of aldehydes is 1. The summed E-state index contributed by atoms with van der Waals surface area (Å²) >= 11 is 82.1. The molecule has 4 N–H and O–H groups in total. The molecule has 0 amide bonds. The number of aliphatic hydroxyl groups is 2. The fraction of sp³-hybridized carbons (Fsp3) is 0.410. The summed E-state index contributed by atoms with van der Waals surface area (Å²) in [6.07, 6.45) is 21.9. The number of carbonyl (C=O) groups is 5. The number of fused-ring (bicyclic) bond motifs is 3. The molecule has 0 bridgehead atoms. The van der Waals surface area contributed by atoms with Gasteiger partial charge in [0, 0.05) is 112 Å². The predicted octanol–water partition coefficient (Wildman–Crippen LogP) is 28.4. The molecule has 0 saturated heterocycles. The number of hydrogen-bond acceptors (Lipinski definition) is 18. The van der Waals surface area contributed by atoms with Crippen LogP contribution in [0.2, 0.25) is 71.2 Å². The second-order valence-corrected chi connectivity index (χ2v) is 36.6. The van der Waals surface area contributed by atoms with Gasteiger partial charge < -0.3 is 49.3 Å². The summed E-state index contributed by atoms with van der Waals surface area (Å²) in [6.45, 7) is 49.2. The number of allylic oxidation sites excluding steroid dienone is 2. The predicted molar refractivity (Wildman–Crippen MR) is 563 cm³/mol. The van der Waals surface area contributed by atoms with Crippen molar-refractivity contribution in [3.8, 4) is 0 Å². The van der Waals surface area contributed by atoms with Gasteiger partial charge >= 0.3 is 23.1 Å². The third-order valence-corrected chi connectivity index (χ3v) is 25.0. The molecule has 10 heterocycles. The Bertz CT molecular complexity index is 5240. The van der Waals surface area contributed by atoms with E-state index in [9.17, 15) is 29.1 Å². The summed E-state index contributed by atoms with van der Waals surface area (Å²) < 4.78 is 0. The van der Waals surface area contributed by atoms with Crippen LogP contribution in [0.1, 0.15) is 295 Å². The van der Waals surface area contributed by atoms with E-state index in [1.54, 1.807) is 71.0 Å². The molecule has 2 aliphatic heterocycles. The van der Waals surface area contributed by atoms with Crippen molar-refractivity contribution in [3.63, 3.8) is 0 Å². The third kappa shape index (κ3) is 38.8. The molecule has 2 atom stereocenters. The minimum absolute atomic E-state index is 0. The third-order valence-electron chi connectivity index (χ3n) is 20.8. The molecule has 34 heteroatoms. The van der Waals surface area contributed by atoms with Crippen molar-refractivity contribution < 1.29 is 51.2 Å². The van der Waals surface area contributed by atoms with Crippen molar-refractivity contribution >= 4 is 238 Å². The van der Waals surface area contributed by atoms with E-state index in [2.05, 4.69) is 137 Å². The van der Waals surface area contributed by atoms with Gasteiger partial charge in [0.25, 0.3) is 0 Å². The van der Waals surface area contributed by atoms with E-state index in [-0.39, 0.29) is 107 Å². The van der Waals surface area contributed by atoms with Gasteiger partial charge in [-0.05, 0) is 198 Å². The van der Waals surface area contributed by atoms with Gasteiger partial charge in [0.15, 0.2) is 29.4 Å². The van der Waals surface area contributed by atoms with Gasteiger partial charge in [0.1, 0.15) is 42.2 Å². The maximum Gasteiger partial charge on any atom is 2.00 e. The number of benzene rings is 1. The van der Waals surface area contributed by atoms with E-state index in [4.69, 9.17) is 173 Å². The molecule has 8 aromatic heterocycles. The number of hydrogen-bond donors (Lipinski definition) is 3. The number of carbonyl (C=O) groups excluding carboxylic acids is 5. The Labute approximate surface area is 889 Å². The molecule has 724 valence electrons. The number of aromatic nitrogens is 8. The Morgan fingerprint density at radius 3 is 1.30 bits per heavy atom. The van der Waals surface area contributed by atoms with Gasteiger partial charge in [0.2, 0.25) is 0 Å². The average molecular weight is 2190 g/mol. The molecule has 3 aliphatic rings. The van der Waals surface area contributed by atoms with Crippen molar-refractivity contribution in [3.05, 3.63) is 284 Å². The standard InChI is InChI=1S/C18H27ClN2.C17H24ClNO.C16H23ClN2O.C9H9Cl2NO.C9H7Cl2NO.C8H7Cl2NO.C7H7Cl2NO.C7H5Cl2NO.C7H8ClN.C2H3.BrH.Mg/c1-5-8-15(9-6-2)21-11-10-14(7-3)17-16(21)12-13(4)20-18(17)19;1-4-6-12(7-5-2)13-8-9-15(20)16-14(18)10-11(3)19-17(13)16;1-4-6-12(7-5-2)19-9-8-14(20)15-13(19)10-11(3)18-16(15)17;2*1-3-7(13)8-6(10)4-5(2)12-9(8)11;1-4-3-6(9)7(5(2)12)8(10)11-4;2*1-4-2-6(8)5(3-11)7(9)10-4;1-5-2-3-7(9)6(8)4-5;1-2;;/h7,12,15H,5-6,8-11H2,1-4H3;10,12-13H,4-9H2,1-3H3;10,12H,4-9H2,1-3H3;3-4,7,13H,1H2,2H3;3-4H,1H2,2H3;3H,1-2H3;2,11H,3H2,1H3;2-3H,1H3;2-4H,9H2,1H3;1H,2H2;1H;/q;;;;;;;;;-1;;+2/p-1. The number of aliphatic hydroxyl groups excluding tert-OH is 2. The summed E-state index contributed by atoms with van der Waals surface area (Å²) in [5.41, 5.74) is 22.3. The summed E-state index contributed by atoms with van der Waals surface area (Å²) in [5.74, 6) is 0.836. The molecule has 0 spiro atoms. The Morgan fingerprint density at radius 1 is 0.493 bits per heavy atom. The maximum atomic E-state index is 12.2. The number of pyridine rings is 8. The summed E-state index contributed by atoms with van der Waals surface area (Å²) in [4.78, 5) is 94.9. The van der Waals surface area contributed by atoms with Crippen molar-refractivity contribution in [1.29, 1.82) is 0 Å². The van der Waals surface area contributed by atoms with Crippen LogP contribution in [0.4, 0.5) is 17.1 Å². The van der Waals surface area contributed by atoms with Gasteiger partial charge in [0.05, 0.1) is 86.7 Å². The molecule has 134 heavy (non-hydrogen) atoms. The first-order valence-electron chi connectivity index (χ1n) is 43.3. The van der Waals surface area contributed by atoms with E-state index < -0.39 is 6.10 Å². The zero-order valence-corrected chi connectivity index (χ0v) is 92.6. The molecule has 18 nitrogen and oxygen atoms in total. The topological polar surface area (TPSA) is 261 Å². The van der Waals surface area contributed by atoms with Crippen LogP contribution in [-0.4, -0.2) is 128 Å². The summed E-state index contributed by atoms with van der Waals surface area (Å²) in [6, 6.07) is 20.8. The van der Waals surface area contributed by atoms with E-state index in [1.165, 1.54) is 75.6 Å². The maximum absolute atomic E-state index is 12.2. The number of ketones is 4. The molecule has 1 aliphatic carbocycles. The first kappa shape index (κ1) is 126. The molecular formula is C100H120BrCl14MgN11O7. The van der Waals surface area contributed by atoms with Crippen molar-refractivity contribution in [2.24, 2.45) is 5.92 Å². The van der Waals surface area contributed by atoms with Crippen LogP contribution in [0.25, 0.3) is 5.57 Å². The fourth-order valence-electron chi connectivity index (χ4n) is 14.9. The Balaban J connectivity index is 0.000000760. The van der Waals surface area contributed by atoms with Crippen LogP contribution in [0, 0.1) is 74.8 Å². The molecule has 0 saturated carbocycles. The molecule has 9 aromatic rings. The summed E-state index contributed by atoms with van der Waals surface area (Å²) in [5, 5.41) is 23.3. The molecule has 1 aromatic carbocycles. The number of rotatable bonds is 22. The molecule has 0 fully saturated rings. The number of aryl methyl sites for hydroxylation is 9. The number of halogens is 15.